The van der Waals surface area contributed by atoms with E-state index in [2.05, 4.69) is 10.4 Å². The molecule has 0 bridgehead atoms. The van der Waals surface area contributed by atoms with Gasteiger partial charge in [-0.05, 0) is 55.8 Å². The van der Waals surface area contributed by atoms with Gasteiger partial charge in [0.25, 0.3) is 5.91 Å². The number of hydrogen-bond acceptors (Lipinski definition) is 4. The second kappa shape index (κ2) is 9.87. The fraction of sp³-hybridized carbons (Fsp3) is 0.200. The molecule has 10 heteroatoms. The van der Waals surface area contributed by atoms with E-state index in [1.807, 2.05) is 0 Å². The Kier molecular flexibility index (Phi) is 6.88. The van der Waals surface area contributed by atoms with E-state index in [1.165, 1.54) is 12.1 Å². The summed E-state index contributed by atoms with van der Waals surface area (Å²) in [5.41, 5.74) is 1.31. The Bertz CT molecular complexity index is 1360. The van der Waals surface area contributed by atoms with Crippen LogP contribution in [0.5, 0.6) is 5.75 Å². The SMILES string of the molecule is Cc1nn(Cc2cccc(C(F)(F)F)c2)c(C)c1NC(=O)c1ccc(COc2ccccc2Cl)o1. The van der Waals surface area contributed by atoms with Crippen molar-refractivity contribution in [1.29, 1.82) is 0 Å². The highest BCUT2D eigenvalue weighted by Crippen LogP contribution is 2.30. The minimum atomic E-state index is -4.43. The number of nitrogens with zero attached hydrogens (tertiary/aromatic N) is 2. The van der Waals surface area contributed by atoms with Crippen molar-refractivity contribution in [1.82, 2.24) is 9.78 Å². The number of halogens is 4. The van der Waals surface area contributed by atoms with Gasteiger partial charge in [0.2, 0.25) is 0 Å². The number of nitrogens with one attached hydrogen (secondary N) is 1. The highest BCUT2D eigenvalue weighted by atomic mass is 35.5. The standard InChI is InChI=1S/C25H21ClF3N3O3/c1-15-23(16(2)32(31-15)13-17-6-5-7-18(12-17)25(27,28)29)30-24(33)22-11-10-19(35-22)14-34-21-9-4-3-8-20(21)26/h3-12H,13-14H2,1-2H3,(H,30,33). The topological polar surface area (TPSA) is 69.3 Å². The Hall–Kier alpha value is -3.72. The molecule has 0 aliphatic rings. The van der Waals surface area contributed by atoms with E-state index in [1.54, 1.807) is 54.9 Å². The number of anilines is 1. The third kappa shape index (κ3) is 5.68. The second-order valence-electron chi connectivity index (χ2n) is 7.84. The Morgan fingerprint density at radius 2 is 1.89 bits per heavy atom. The molecule has 4 rings (SSSR count). The molecule has 182 valence electrons. The van der Waals surface area contributed by atoms with E-state index in [9.17, 15) is 18.0 Å². The first-order valence-corrected chi connectivity index (χ1v) is 11.0. The van der Waals surface area contributed by atoms with Crippen molar-refractivity contribution in [3.63, 3.8) is 0 Å². The summed E-state index contributed by atoms with van der Waals surface area (Å²) < 4.78 is 51.8. The largest absolute Gasteiger partial charge is 0.484 e. The molecule has 1 amide bonds. The second-order valence-corrected chi connectivity index (χ2v) is 8.25. The summed E-state index contributed by atoms with van der Waals surface area (Å²) in [7, 11) is 0. The number of carbonyl (C=O) groups excluding carboxylic acids is 1. The smallest absolute Gasteiger partial charge is 0.416 e. The number of amides is 1. The van der Waals surface area contributed by atoms with Gasteiger partial charge in [-0.15, -0.1) is 0 Å². The number of furan rings is 1. The van der Waals surface area contributed by atoms with Crippen LogP contribution < -0.4 is 10.1 Å². The van der Waals surface area contributed by atoms with Crippen LogP contribution in [0.4, 0.5) is 18.9 Å². The first-order chi connectivity index (χ1) is 16.6. The maximum atomic E-state index is 13.0. The van der Waals surface area contributed by atoms with Crippen molar-refractivity contribution < 1.29 is 27.1 Å². The summed E-state index contributed by atoms with van der Waals surface area (Å²) in [4.78, 5) is 12.8. The zero-order valence-electron chi connectivity index (χ0n) is 18.8. The lowest BCUT2D eigenvalue weighted by Crippen LogP contribution is -2.13. The molecule has 0 spiro atoms. The van der Waals surface area contributed by atoms with Gasteiger partial charge in [0.05, 0.1) is 34.2 Å². The zero-order valence-corrected chi connectivity index (χ0v) is 19.6. The fourth-order valence-electron chi connectivity index (χ4n) is 3.51. The number of aryl methyl sites for hydroxylation is 1. The molecule has 35 heavy (non-hydrogen) atoms. The Morgan fingerprint density at radius 3 is 2.63 bits per heavy atom. The maximum Gasteiger partial charge on any atom is 0.416 e. The normalized spacial score (nSPS) is 11.5. The number of hydrogen-bond donors (Lipinski definition) is 1. The van der Waals surface area contributed by atoms with Crippen molar-refractivity contribution in [2.75, 3.05) is 5.32 Å². The lowest BCUT2D eigenvalue weighted by molar-refractivity contribution is -0.137. The first kappa shape index (κ1) is 24.4. The summed E-state index contributed by atoms with van der Waals surface area (Å²) in [6, 6.07) is 15.2. The highest BCUT2D eigenvalue weighted by Gasteiger charge is 2.30. The number of alkyl halides is 3. The fourth-order valence-corrected chi connectivity index (χ4v) is 3.70. The third-order valence-corrected chi connectivity index (χ3v) is 5.61. The molecule has 0 saturated carbocycles. The minimum absolute atomic E-state index is 0.0761. The Balaban J connectivity index is 1.44. The summed E-state index contributed by atoms with van der Waals surface area (Å²) in [6.45, 7) is 3.64. The predicted octanol–water partition coefficient (Wildman–Crippen LogP) is 6.64. The minimum Gasteiger partial charge on any atom is -0.484 e. The molecule has 4 aromatic rings. The van der Waals surface area contributed by atoms with Crippen LogP contribution in [0.2, 0.25) is 5.02 Å². The average Bonchev–Trinajstić information content (AvgIpc) is 3.39. The molecule has 0 unspecified atom stereocenters. The number of rotatable bonds is 7. The number of aromatic nitrogens is 2. The van der Waals surface area contributed by atoms with Crippen LogP contribution in [0.3, 0.4) is 0 Å². The van der Waals surface area contributed by atoms with Gasteiger partial charge >= 0.3 is 6.18 Å². The molecular formula is C25H21ClF3N3O3. The molecule has 0 fully saturated rings. The van der Waals surface area contributed by atoms with E-state index < -0.39 is 17.6 Å². The average molecular weight is 504 g/mol. The van der Waals surface area contributed by atoms with Gasteiger partial charge in [-0.3, -0.25) is 9.48 Å². The molecule has 1 N–H and O–H groups in total. The predicted molar refractivity (Wildman–Crippen MR) is 125 cm³/mol. The number of ether oxygens (including phenoxy) is 1. The lowest BCUT2D eigenvalue weighted by atomic mass is 10.1. The molecule has 0 radical (unpaired) electrons. The van der Waals surface area contributed by atoms with Crippen molar-refractivity contribution in [2.45, 2.75) is 33.2 Å². The van der Waals surface area contributed by atoms with Crippen molar-refractivity contribution in [3.8, 4) is 5.75 Å². The molecule has 0 saturated heterocycles. The van der Waals surface area contributed by atoms with Gasteiger partial charge < -0.3 is 14.5 Å². The van der Waals surface area contributed by atoms with E-state index in [0.29, 0.717) is 39.2 Å². The van der Waals surface area contributed by atoms with Crippen LogP contribution in [-0.2, 0) is 19.3 Å². The molecule has 6 nitrogen and oxygen atoms in total. The molecule has 0 atom stereocenters. The van der Waals surface area contributed by atoms with Crippen LogP contribution in [0, 0.1) is 13.8 Å². The molecule has 0 aliphatic heterocycles. The zero-order chi connectivity index (χ0) is 25.2. The Labute approximate surface area is 204 Å². The number of carbonyl (C=O) groups is 1. The third-order valence-electron chi connectivity index (χ3n) is 5.30. The molecule has 2 heterocycles. The van der Waals surface area contributed by atoms with Gasteiger partial charge in [-0.25, -0.2) is 0 Å². The van der Waals surface area contributed by atoms with Crippen molar-refractivity contribution >= 4 is 23.2 Å². The van der Waals surface area contributed by atoms with Crippen LogP contribution in [0.15, 0.2) is 65.1 Å². The number of benzene rings is 2. The summed E-state index contributed by atoms with van der Waals surface area (Å²) in [5.74, 6) is 0.519. The monoisotopic (exact) mass is 503 g/mol. The molecule has 0 aliphatic carbocycles. The van der Waals surface area contributed by atoms with Crippen LogP contribution >= 0.6 is 11.6 Å². The van der Waals surface area contributed by atoms with Crippen LogP contribution in [0.25, 0.3) is 0 Å². The Morgan fingerprint density at radius 1 is 1.11 bits per heavy atom. The van der Waals surface area contributed by atoms with E-state index in [0.717, 1.165) is 12.1 Å². The quantitative estimate of drug-likeness (QED) is 0.307. The van der Waals surface area contributed by atoms with Gasteiger partial charge in [0.15, 0.2) is 5.76 Å². The molecule has 2 aromatic heterocycles. The lowest BCUT2D eigenvalue weighted by Gasteiger charge is -2.10. The van der Waals surface area contributed by atoms with Crippen LogP contribution in [0.1, 0.15) is 38.8 Å². The van der Waals surface area contributed by atoms with Crippen molar-refractivity contribution in [3.05, 3.63) is 99.7 Å². The summed E-state index contributed by atoms with van der Waals surface area (Å²) >= 11 is 6.07. The highest BCUT2D eigenvalue weighted by molar-refractivity contribution is 6.32. The maximum absolute atomic E-state index is 13.0. The van der Waals surface area contributed by atoms with Crippen LogP contribution in [-0.4, -0.2) is 15.7 Å². The van der Waals surface area contributed by atoms with Gasteiger partial charge in [-0.2, -0.15) is 18.3 Å². The van der Waals surface area contributed by atoms with Crippen molar-refractivity contribution in [2.24, 2.45) is 0 Å². The van der Waals surface area contributed by atoms with Gasteiger partial charge in [0, 0.05) is 0 Å². The number of para-hydroxylation sites is 1. The molecule has 2 aromatic carbocycles. The summed E-state index contributed by atoms with van der Waals surface area (Å²) in [5, 5.41) is 7.62. The molecular weight excluding hydrogens is 483 g/mol. The van der Waals surface area contributed by atoms with Gasteiger partial charge in [0.1, 0.15) is 18.1 Å². The van der Waals surface area contributed by atoms with E-state index in [-0.39, 0.29) is 18.9 Å². The summed E-state index contributed by atoms with van der Waals surface area (Å²) in [6.07, 6.45) is -4.43. The first-order valence-electron chi connectivity index (χ1n) is 10.6. The van der Waals surface area contributed by atoms with E-state index >= 15 is 0 Å². The van der Waals surface area contributed by atoms with Gasteiger partial charge in [-0.1, -0.05) is 35.9 Å². The van der Waals surface area contributed by atoms with E-state index in [4.69, 9.17) is 20.8 Å².